The quantitative estimate of drug-likeness (QED) is 0.638. The van der Waals surface area contributed by atoms with Gasteiger partial charge in [-0.15, -0.1) is 0 Å². The molecular formula is C19H25NO4. The lowest BCUT2D eigenvalue weighted by atomic mass is 10.3. The standard InChI is InChI=1S/C19H25NO4/c1-3-22-13-14-24-19-6-4-5-16(15-19)20-11-12-23-18-9-7-17(21-2)8-10-18/h4-10,15,20H,3,11-14H2,1-2H3. The average Bonchev–Trinajstić information content (AvgIpc) is 2.63. The molecule has 130 valence electrons. The first-order valence-corrected chi connectivity index (χ1v) is 8.13. The zero-order chi connectivity index (χ0) is 17.0. The highest BCUT2D eigenvalue weighted by Crippen LogP contribution is 2.18. The van der Waals surface area contributed by atoms with Crippen molar-refractivity contribution in [3.8, 4) is 17.2 Å². The Hall–Kier alpha value is -2.40. The fourth-order valence-corrected chi connectivity index (χ4v) is 2.09. The molecule has 2 rings (SSSR count). The van der Waals surface area contributed by atoms with Crippen LogP contribution in [0.3, 0.4) is 0 Å². The van der Waals surface area contributed by atoms with E-state index in [9.17, 15) is 0 Å². The lowest BCUT2D eigenvalue weighted by Crippen LogP contribution is -2.11. The second kappa shape index (κ2) is 10.4. The number of rotatable bonds is 11. The van der Waals surface area contributed by atoms with E-state index in [2.05, 4.69) is 5.32 Å². The summed E-state index contributed by atoms with van der Waals surface area (Å²) in [4.78, 5) is 0. The third kappa shape index (κ3) is 6.38. The maximum absolute atomic E-state index is 5.68. The van der Waals surface area contributed by atoms with Gasteiger partial charge in [0.2, 0.25) is 0 Å². The van der Waals surface area contributed by atoms with E-state index >= 15 is 0 Å². The molecule has 0 saturated heterocycles. The van der Waals surface area contributed by atoms with Crippen LogP contribution in [0, 0.1) is 0 Å². The van der Waals surface area contributed by atoms with E-state index in [0.717, 1.165) is 22.9 Å². The lowest BCUT2D eigenvalue weighted by Gasteiger charge is -2.11. The summed E-state index contributed by atoms with van der Waals surface area (Å²) in [5, 5.41) is 3.32. The van der Waals surface area contributed by atoms with Gasteiger partial charge in [0.15, 0.2) is 0 Å². The molecule has 0 fully saturated rings. The summed E-state index contributed by atoms with van der Waals surface area (Å²) in [5.74, 6) is 2.48. The monoisotopic (exact) mass is 331 g/mol. The SMILES string of the molecule is CCOCCOc1cccc(NCCOc2ccc(OC)cc2)c1. The molecule has 5 nitrogen and oxygen atoms in total. The molecule has 2 aromatic rings. The van der Waals surface area contributed by atoms with Crippen LogP contribution in [-0.4, -0.2) is 40.1 Å². The van der Waals surface area contributed by atoms with Gasteiger partial charge in [0, 0.05) is 24.9 Å². The molecule has 0 atom stereocenters. The van der Waals surface area contributed by atoms with Crippen molar-refractivity contribution in [2.45, 2.75) is 6.92 Å². The zero-order valence-corrected chi connectivity index (χ0v) is 14.3. The van der Waals surface area contributed by atoms with Crippen LogP contribution in [0.15, 0.2) is 48.5 Å². The van der Waals surface area contributed by atoms with E-state index in [1.165, 1.54) is 0 Å². The van der Waals surface area contributed by atoms with Gasteiger partial charge in [-0.1, -0.05) is 6.07 Å². The van der Waals surface area contributed by atoms with E-state index in [-0.39, 0.29) is 0 Å². The summed E-state index contributed by atoms with van der Waals surface area (Å²) in [6.45, 7) is 5.11. The van der Waals surface area contributed by atoms with Crippen molar-refractivity contribution in [2.75, 3.05) is 45.4 Å². The van der Waals surface area contributed by atoms with Gasteiger partial charge in [-0.05, 0) is 43.3 Å². The molecule has 1 N–H and O–H groups in total. The summed E-state index contributed by atoms with van der Waals surface area (Å²) in [5.41, 5.74) is 1.00. The maximum atomic E-state index is 5.68. The smallest absolute Gasteiger partial charge is 0.121 e. The second-order valence-corrected chi connectivity index (χ2v) is 5.02. The number of ether oxygens (including phenoxy) is 4. The Kier molecular flexibility index (Phi) is 7.77. The summed E-state index contributed by atoms with van der Waals surface area (Å²) in [6, 6.07) is 15.4. The van der Waals surface area contributed by atoms with E-state index in [4.69, 9.17) is 18.9 Å². The molecule has 0 radical (unpaired) electrons. The first kappa shape index (κ1) is 17.9. The van der Waals surface area contributed by atoms with Crippen molar-refractivity contribution >= 4 is 5.69 Å². The topological polar surface area (TPSA) is 49.0 Å². The molecule has 0 saturated carbocycles. The van der Waals surface area contributed by atoms with Crippen molar-refractivity contribution in [3.63, 3.8) is 0 Å². The van der Waals surface area contributed by atoms with E-state index in [0.29, 0.717) is 33.0 Å². The molecule has 5 heteroatoms. The Bertz CT molecular complexity index is 586. The molecule has 0 aliphatic heterocycles. The Labute approximate surface area is 143 Å². The Morgan fingerprint density at radius 2 is 1.58 bits per heavy atom. The number of hydrogen-bond donors (Lipinski definition) is 1. The molecule has 2 aromatic carbocycles. The van der Waals surface area contributed by atoms with E-state index < -0.39 is 0 Å². The highest BCUT2D eigenvalue weighted by molar-refractivity contribution is 5.48. The van der Waals surface area contributed by atoms with Crippen LogP contribution in [0.5, 0.6) is 17.2 Å². The third-order valence-corrected chi connectivity index (χ3v) is 3.29. The van der Waals surface area contributed by atoms with Gasteiger partial charge in [0.1, 0.15) is 30.5 Å². The highest BCUT2D eigenvalue weighted by atomic mass is 16.5. The molecule has 0 heterocycles. The second-order valence-electron chi connectivity index (χ2n) is 5.02. The van der Waals surface area contributed by atoms with Gasteiger partial charge < -0.3 is 24.3 Å². The predicted octanol–water partition coefficient (Wildman–Crippen LogP) is 3.60. The van der Waals surface area contributed by atoms with Crippen LogP contribution in [0.1, 0.15) is 6.92 Å². The first-order chi connectivity index (χ1) is 11.8. The molecule has 0 amide bonds. The molecular weight excluding hydrogens is 306 g/mol. The molecule has 0 bridgehead atoms. The average molecular weight is 331 g/mol. The number of methoxy groups -OCH3 is 1. The summed E-state index contributed by atoms with van der Waals surface area (Å²) in [6.07, 6.45) is 0. The summed E-state index contributed by atoms with van der Waals surface area (Å²) < 4.78 is 21.7. The van der Waals surface area contributed by atoms with Gasteiger partial charge in [-0.25, -0.2) is 0 Å². The normalized spacial score (nSPS) is 10.2. The van der Waals surface area contributed by atoms with Gasteiger partial charge in [-0.2, -0.15) is 0 Å². The van der Waals surface area contributed by atoms with Crippen LogP contribution in [0.2, 0.25) is 0 Å². The van der Waals surface area contributed by atoms with Crippen LogP contribution < -0.4 is 19.5 Å². The minimum atomic E-state index is 0.553. The highest BCUT2D eigenvalue weighted by Gasteiger charge is 1.98. The number of hydrogen-bond acceptors (Lipinski definition) is 5. The number of anilines is 1. The summed E-state index contributed by atoms with van der Waals surface area (Å²) >= 11 is 0. The van der Waals surface area contributed by atoms with Crippen molar-refractivity contribution in [3.05, 3.63) is 48.5 Å². The fraction of sp³-hybridized carbons (Fsp3) is 0.368. The Morgan fingerprint density at radius 3 is 2.33 bits per heavy atom. The van der Waals surface area contributed by atoms with Crippen LogP contribution in [0.25, 0.3) is 0 Å². The number of nitrogens with one attached hydrogen (secondary N) is 1. The van der Waals surface area contributed by atoms with Gasteiger partial charge in [0.05, 0.1) is 13.7 Å². The molecule has 24 heavy (non-hydrogen) atoms. The van der Waals surface area contributed by atoms with Crippen LogP contribution in [0.4, 0.5) is 5.69 Å². The van der Waals surface area contributed by atoms with Gasteiger partial charge >= 0.3 is 0 Å². The third-order valence-electron chi connectivity index (χ3n) is 3.29. The minimum absolute atomic E-state index is 0.553. The van der Waals surface area contributed by atoms with E-state index in [1.807, 2.05) is 55.5 Å². The van der Waals surface area contributed by atoms with Gasteiger partial charge in [-0.3, -0.25) is 0 Å². The van der Waals surface area contributed by atoms with Crippen molar-refractivity contribution in [1.82, 2.24) is 0 Å². The van der Waals surface area contributed by atoms with Crippen LogP contribution in [-0.2, 0) is 4.74 Å². The minimum Gasteiger partial charge on any atom is -0.497 e. The van der Waals surface area contributed by atoms with Gasteiger partial charge in [0.25, 0.3) is 0 Å². The van der Waals surface area contributed by atoms with Crippen LogP contribution >= 0.6 is 0 Å². The molecule has 0 aliphatic rings. The zero-order valence-electron chi connectivity index (χ0n) is 14.3. The molecule has 0 spiro atoms. The first-order valence-electron chi connectivity index (χ1n) is 8.13. The predicted molar refractivity (Wildman–Crippen MR) is 95.4 cm³/mol. The summed E-state index contributed by atoms with van der Waals surface area (Å²) in [7, 11) is 1.65. The number of benzene rings is 2. The van der Waals surface area contributed by atoms with Crippen molar-refractivity contribution in [2.24, 2.45) is 0 Å². The van der Waals surface area contributed by atoms with E-state index in [1.54, 1.807) is 7.11 Å². The van der Waals surface area contributed by atoms with Crippen molar-refractivity contribution in [1.29, 1.82) is 0 Å². The Balaban J connectivity index is 1.69. The maximum Gasteiger partial charge on any atom is 0.121 e. The molecule has 0 aliphatic carbocycles. The molecule has 0 unspecified atom stereocenters. The lowest BCUT2D eigenvalue weighted by molar-refractivity contribution is 0.110. The van der Waals surface area contributed by atoms with Crippen molar-refractivity contribution < 1.29 is 18.9 Å². The molecule has 0 aromatic heterocycles. The fourth-order valence-electron chi connectivity index (χ4n) is 2.09. The largest absolute Gasteiger partial charge is 0.497 e. The Morgan fingerprint density at radius 1 is 0.833 bits per heavy atom.